The summed E-state index contributed by atoms with van der Waals surface area (Å²) in [7, 11) is 1.73. The normalized spacial score (nSPS) is 15.4. The Kier molecular flexibility index (Phi) is 5.04. The van der Waals surface area contributed by atoms with Gasteiger partial charge in [-0.05, 0) is 30.9 Å². The Hall–Kier alpha value is -1.78. The van der Waals surface area contributed by atoms with Crippen LogP contribution < -0.4 is 10.2 Å². The lowest BCUT2D eigenvalue weighted by molar-refractivity contribution is -0.383. The van der Waals surface area contributed by atoms with Crippen molar-refractivity contribution < 1.29 is 4.92 Å². The van der Waals surface area contributed by atoms with Crippen LogP contribution in [0.25, 0.3) is 0 Å². The van der Waals surface area contributed by atoms with E-state index in [2.05, 4.69) is 24.1 Å². The summed E-state index contributed by atoms with van der Waals surface area (Å²) < 4.78 is 0. The van der Waals surface area contributed by atoms with Gasteiger partial charge in [-0.2, -0.15) is 0 Å². The molecule has 0 heterocycles. The highest BCUT2D eigenvalue weighted by Gasteiger charge is 2.30. The Balaban J connectivity index is 2.45. The van der Waals surface area contributed by atoms with Gasteiger partial charge in [-0.1, -0.05) is 32.8 Å². The number of para-hydroxylation sites is 1. The van der Waals surface area contributed by atoms with Gasteiger partial charge in [-0.3, -0.25) is 10.1 Å². The van der Waals surface area contributed by atoms with Crippen molar-refractivity contribution in [2.75, 3.05) is 23.8 Å². The number of nitrogens with one attached hydrogen (secondary N) is 1. The lowest BCUT2D eigenvalue weighted by Crippen LogP contribution is -2.36. The first-order chi connectivity index (χ1) is 10.0. The summed E-state index contributed by atoms with van der Waals surface area (Å²) >= 11 is 0. The minimum absolute atomic E-state index is 0.201. The molecule has 0 saturated heterocycles. The van der Waals surface area contributed by atoms with E-state index in [4.69, 9.17) is 0 Å². The molecule has 1 fully saturated rings. The van der Waals surface area contributed by atoms with Crippen LogP contribution in [0.1, 0.15) is 39.5 Å². The largest absolute Gasteiger partial charge is 0.382 e. The standard InChI is InChI=1S/C16H25N3O2/c1-12(2)11-18(13-7-4-5-8-13)15-10-6-9-14(17-3)16(15)19(20)21/h6,9-10,12-13,17H,4-5,7-8,11H2,1-3H3. The molecule has 1 aliphatic carbocycles. The van der Waals surface area contributed by atoms with Gasteiger partial charge in [0.25, 0.3) is 0 Å². The summed E-state index contributed by atoms with van der Waals surface area (Å²) in [6, 6.07) is 5.98. The first-order valence-corrected chi connectivity index (χ1v) is 7.76. The number of nitrogens with zero attached hydrogens (tertiary/aromatic N) is 2. The van der Waals surface area contributed by atoms with Crippen molar-refractivity contribution in [2.24, 2.45) is 5.92 Å². The van der Waals surface area contributed by atoms with Gasteiger partial charge in [-0.25, -0.2) is 0 Å². The van der Waals surface area contributed by atoms with E-state index in [1.165, 1.54) is 12.8 Å². The van der Waals surface area contributed by atoms with Crippen molar-refractivity contribution in [2.45, 2.75) is 45.6 Å². The Morgan fingerprint density at radius 1 is 1.38 bits per heavy atom. The zero-order chi connectivity index (χ0) is 15.4. The number of nitro benzene ring substituents is 1. The number of anilines is 2. The first kappa shape index (κ1) is 15.6. The third-order valence-corrected chi connectivity index (χ3v) is 4.10. The zero-order valence-electron chi connectivity index (χ0n) is 13.1. The number of rotatable bonds is 6. The maximum atomic E-state index is 11.5. The molecule has 1 N–H and O–H groups in total. The minimum Gasteiger partial charge on any atom is -0.382 e. The van der Waals surface area contributed by atoms with E-state index in [1.807, 2.05) is 12.1 Å². The minimum atomic E-state index is -0.260. The molecule has 1 aromatic carbocycles. The second-order valence-corrected chi connectivity index (χ2v) is 6.16. The molecule has 21 heavy (non-hydrogen) atoms. The third-order valence-electron chi connectivity index (χ3n) is 4.10. The molecule has 2 rings (SSSR count). The van der Waals surface area contributed by atoms with Crippen LogP contribution in [0.15, 0.2) is 18.2 Å². The molecule has 0 radical (unpaired) electrons. The number of benzene rings is 1. The summed E-state index contributed by atoms with van der Waals surface area (Å²) in [6.07, 6.45) is 4.71. The predicted molar refractivity (Wildman–Crippen MR) is 87.1 cm³/mol. The fraction of sp³-hybridized carbons (Fsp3) is 0.625. The van der Waals surface area contributed by atoms with E-state index in [9.17, 15) is 10.1 Å². The first-order valence-electron chi connectivity index (χ1n) is 7.76. The van der Waals surface area contributed by atoms with Crippen LogP contribution in [-0.2, 0) is 0 Å². The predicted octanol–water partition coefficient (Wildman–Crippen LogP) is 4.04. The monoisotopic (exact) mass is 291 g/mol. The van der Waals surface area contributed by atoms with Crippen molar-refractivity contribution in [3.63, 3.8) is 0 Å². The lowest BCUT2D eigenvalue weighted by atomic mass is 10.1. The van der Waals surface area contributed by atoms with Crippen molar-refractivity contribution >= 4 is 17.1 Å². The molecule has 1 aromatic rings. The van der Waals surface area contributed by atoms with Gasteiger partial charge in [0.05, 0.1) is 4.92 Å². The highest BCUT2D eigenvalue weighted by Crippen LogP contribution is 2.39. The fourth-order valence-electron chi connectivity index (χ4n) is 3.21. The molecule has 0 unspecified atom stereocenters. The van der Waals surface area contributed by atoms with Crippen LogP contribution in [0.4, 0.5) is 17.1 Å². The average molecular weight is 291 g/mol. The average Bonchev–Trinajstić information content (AvgIpc) is 2.97. The highest BCUT2D eigenvalue weighted by molar-refractivity contribution is 5.77. The van der Waals surface area contributed by atoms with Gasteiger partial charge in [-0.15, -0.1) is 0 Å². The van der Waals surface area contributed by atoms with Crippen molar-refractivity contribution in [3.8, 4) is 0 Å². The summed E-state index contributed by atoms with van der Waals surface area (Å²) in [5, 5.41) is 14.5. The molecule has 5 nitrogen and oxygen atoms in total. The Morgan fingerprint density at radius 3 is 2.57 bits per heavy atom. The van der Waals surface area contributed by atoms with Gasteiger partial charge in [0.1, 0.15) is 11.4 Å². The van der Waals surface area contributed by atoms with Gasteiger partial charge < -0.3 is 10.2 Å². The van der Waals surface area contributed by atoms with Crippen LogP contribution in [0, 0.1) is 16.0 Å². The van der Waals surface area contributed by atoms with Crippen LogP contribution in [-0.4, -0.2) is 24.6 Å². The summed E-state index contributed by atoms with van der Waals surface area (Å²) in [5.74, 6) is 0.475. The number of hydrogen-bond acceptors (Lipinski definition) is 4. The Bertz CT molecular complexity index is 496. The maximum absolute atomic E-state index is 11.5. The SMILES string of the molecule is CNc1cccc(N(CC(C)C)C2CCCC2)c1[N+](=O)[O-]. The topological polar surface area (TPSA) is 58.4 Å². The molecule has 1 aliphatic rings. The number of nitro groups is 1. The van der Waals surface area contributed by atoms with Crippen LogP contribution in [0.5, 0.6) is 0 Å². The van der Waals surface area contributed by atoms with Crippen molar-refractivity contribution in [1.82, 2.24) is 0 Å². The summed E-state index contributed by atoms with van der Waals surface area (Å²) in [6.45, 7) is 5.18. The zero-order valence-corrected chi connectivity index (χ0v) is 13.1. The second-order valence-electron chi connectivity index (χ2n) is 6.16. The van der Waals surface area contributed by atoms with E-state index < -0.39 is 0 Å². The summed E-state index contributed by atoms with van der Waals surface area (Å²) in [4.78, 5) is 13.5. The second kappa shape index (κ2) is 6.78. The molecular formula is C16H25N3O2. The van der Waals surface area contributed by atoms with E-state index in [0.717, 1.165) is 25.1 Å². The van der Waals surface area contributed by atoms with Gasteiger partial charge in [0.15, 0.2) is 0 Å². The van der Waals surface area contributed by atoms with Crippen molar-refractivity contribution in [3.05, 3.63) is 28.3 Å². The van der Waals surface area contributed by atoms with Crippen LogP contribution >= 0.6 is 0 Å². The quantitative estimate of drug-likeness (QED) is 0.634. The van der Waals surface area contributed by atoms with E-state index >= 15 is 0 Å². The fourth-order valence-corrected chi connectivity index (χ4v) is 3.21. The maximum Gasteiger partial charge on any atom is 0.315 e. The van der Waals surface area contributed by atoms with Crippen LogP contribution in [0.2, 0.25) is 0 Å². The lowest BCUT2D eigenvalue weighted by Gasteiger charge is -2.32. The summed E-state index contributed by atoms with van der Waals surface area (Å²) in [5.41, 5.74) is 1.55. The molecule has 0 aliphatic heterocycles. The molecule has 0 spiro atoms. The molecule has 0 amide bonds. The smallest absolute Gasteiger partial charge is 0.315 e. The van der Waals surface area contributed by atoms with Gasteiger partial charge in [0.2, 0.25) is 0 Å². The molecular weight excluding hydrogens is 266 g/mol. The molecule has 0 bridgehead atoms. The van der Waals surface area contributed by atoms with Gasteiger partial charge >= 0.3 is 5.69 Å². The molecule has 5 heteroatoms. The van der Waals surface area contributed by atoms with Gasteiger partial charge in [0, 0.05) is 19.6 Å². The third kappa shape index (κ3) is 3.46. The molecule has 0 aromatic heterocycles. The molecule has 116 valence electrons. The Morgan fingerprint density at radius 2 is 2.05 bits per heavy atom. The molecule has 1 saturated carbocycles. The Labute approximate surface area is 126 Å². The van der Waals surface area contributed by atoms with E-state index in [0.29, 0.717) is 17.6 Å². The van der Waals surface area contributed by atoms with Crippen molar-refractivity contribution in [1.29, 1.82) is 0 Å². The van der Waals surface area contributed by atoms with Crippen LogP contribution in [0.3, 0.4) is 0 Å². The van der Waals surface area contributed by atoms with E-state index in [1.54, 1.807) is 13.1 Å². The van der Waals surface area contributed by atoms with E-state index in [-0.39, 0.29) is 10.6 Å². The highest BCUT2D eigenvalue weighted by atomic mass is 16.6. The molecule has 0 atom stereocenters. The number of hydrogen-bond donors (Lipinski definition) is 1.